The minimum atomic E-state index is -2.38. The molecule has 0 atom stereocenters. The van der Waals surface area contributed by atoms with E-state index in [9.17, 15) is 8.78 Å². The van der Waals surface area contributed by atoms with Gasteiger partial charge in [-0.15, -0.1) is 0 Å². The Balaban J connectivity index is 1.91. The van der Waals surface area contributed by atoms with E-state index in [0.717, 1.165) is 12.8 Å². The Labute approximate surface area is 64.7 Å². The molecular weight excluding hydrogens is 150 g/mol. The Morgan fingerprint density at radius 2 is 2.18 bits per heavy atom. The van der Waals surface area contributed by atoms with Crippen LogP contribution in [0.2, 0.25) is 0 Å². The van der Waals surface area contributed by atoms with Gasteiger partial charge in [-0.05, 0) is 12.8 Å². The Kier molecular flexibility index (Phi) is 3.31. The minimum absolute atomic E-state index is 0.140. The zero-order valence-corrected chi connectivity index (χ0v) is 6.15. The highest BCUT2D eigenvalue weighted by molar-refractivity contribution is 5.09. The van der Waals surface area contributed by atoms with Crippen LogP contribution in [0.15, 0.2) is 0 Å². The molecule has 0 aromatic rings. The number of rotatable bonds is 3. The second kappa shape index (κ2) is 4.30. The normalized spacial score (nSPS) is 16.3. The molecule has 0 N–H and O–H groups in total. The van der Waals surface area contributed by atoms with Crippen LogP contribution < -0.4 is 0 Å². The maximum Gasteiger partial charge on any atom is 0.261 e. The average Bonchev–Trinajstić information content (AvgIpc) is 2.70. The lowest BCUT2D eigenvalue weighted by Crippen LogP contribution is -2.03. The third-order valence-electron chi connectivity index (χ3n) is 1.30. The molecule has 0 amide bonds. The van der Waals surface area contributed by atoms with Crippen molar-refractivity contribution in [3.63, 3.8) is 0 Å². The first-order valence-corrected chi connectivity index (χ1v) is 3.63. The molecule has 1 rings (SSSR count). The molecule has 0 unspecified atom stereocenters. The molecule has 11 heavy (non-hydrogen) atoms. The van der Waals surface area contributed by atoms with Gasteiger partial charge >= 0.3 is 0 Å². The van der Waals surface area contributed by atoms with Crippen molar-refractivity contribution in [2.24, 2.45) is 5.92 Å². The first kappa shape index (κ1) is 8.48. The van der Waals surface area contributed by atoms with Crippen LogP contribution in [0.3, 0.4) is 0 Å². The molecule has 0 saturated heterocycles. The van der Waals surface area contributed by atoms with E-state index < -0.39 is 13.0 Å². The Morgan fingerprint density at radius 3 is 2.73 bits per heavy atom. The molecule has 1 fully saturated rings. The lowest BCUT2D eigenvalue weighted by Gasteiger charge is -1.95. The molecule has 1 aliphatic rings. The number of ether oxygens (including phenoxy) is 1. The number of alkyl halides is 2. The molecule has 0 spiro atoms. The van der Waals surface area contributed by atoms with Crippen molar-refractivity contribution < 1.29 is 13.5 Å². The molecule has 0 aromatic carbocycles. The fourth-order valence-electron chi connectivity index (χ4n) is 0.613. The molecular formula is C8H10F2O. The summed E-state index contributed by atoms with van der Waals surface area (Å²) in [5.41, 5.74) is 0. The van der Waals surface area contributed by atoms with E-state index in [0.29, 0.717) is 5.92 Å². The molecule has 0 heterocycles. The maximum absolute atomic E-state index is 11.5. The van der Waals surface area contributed by atoms with Gasteiger partial charge in [0.15, 0.2) is 0 Å². The van der Waals surface area contributed by atoms with E-state index in [1.165, 1.54) is 0 Å². The second-order valence-corrected chi connectivity index (χ2v) is 2.50. The first-order valence-electron chi connectivity index (χ1n) is 3.63. The molecule has 62 valence electrons. The van der Waals surface area contributed by atoms with E-state index in [1.54, 1.807) is 0 Å². The second-order valence-electron chi connectivity index (χ2n) is 2.50. The van der Waals surface area contributed by atoms with Gasteiger partial charge in [0.05, 0.1) is 0 Å². The summed E-state index contributed by atoms with van der Waals surface area (Å²) < 4.78 is 27.5. The summed E-state index contributed by atoms with van der Waals surface area (Å²) in [4.78, 5) is 0. The largest absolute Gasteiger partial charge is 0.363 e. The van der Waals surface area contributed by atoms with Crippen molar-refractivity contribution in [1.82, 2.24) is 0 Å². The monoisotopic (exact) mass is 160 g/mol. The third-order valence-corrected chi connectivity index (χ3v) is 1.30. The van der Waals surface area contributed by atoms with Crippen LogP contribution in [0, 0.1) is 17.8 Å². The number of hydrogen-bond acceptors (Lipinski definition) is 1. The first-order chi connectivity index (χ1) is 5.29. The SMILES string of the molecule is FC(F)COCC#CC1CC1. The highest BCUT2D eigenvalue weighted by Gasteiger charge is 2.17. The summed E-state index contributed by atoms with van der Waals surface area (Å²) in [5.74, 6) is 6.13. The van der Waals surface area contributed by atoms with E-state index in [-0.39, 0.29) is 6.61 Å². The van der Waals surface area contributed by atoms with Crippen molar-refractivity contribution >= 4 is 0 Å². The van der Waals surface area contributed by atoms with Crippen molar-refractivity contribution in [2.45, 2.75) is 19.3 Å². The number of hydrogen-bond donors (Lipinski definition) is 0. The van der Waals surface area contributed by atoms with Gasteiger partial charge < -0.3 is 4.74 Å². The molecule has 0 aliphatic heterocycles. The lowest BCUT2D eigenvalue weighted by molar-refractivity contribution is 0.0304. The highest BCUT2D eigenvalue weighted by Crippen LogP contribution is 2.27. The van der Waals surface area contributed by atoms with E-state index in [4.69, 9.17) is 0 Å². The van der Waals surface area contributed by atoms with Gasteiger partial charge in [-0.2, -0.15) is 0 Å². The van der Waals surface area contributed by atoms with Gasteiger partial charge in [-0.3, -0.25) is 0 Å². The Morgan fingerprint density at radius 1 is 1.45 bits per heavy atom. The molecule has 1 saturated carbocycles. The summed E-state index contributed by atoms with van der Waals surface area (Å²) in [5, 5.41) is 0. The van der Waals surface area contributed by atoms with Crippen LogP contribution in [-0.2, 0) is 4.74 Å². The van der Waals surface area contributed by atoms with Crippen molar-refractivity contribution in [3.8, 4) is 11.8 Å². The summed E-state index contributed by atoms with van der Waals surface area (Å²) in [6.45, 7) is -0.361. The fraction of sp³-hybridized carbons (Fsp3) is 0.750. The zero-order chi connectivity index (χ0) is 8.10. The van der Waals surface area contributed by atoms with Crippen molar-refractivity contribution in [2.75, 3.05) is 13.2 Å². The topological polar surface area (TPSA) is 9.23 Å². The van der Waals surface area contributed by atoms with E-state index >= 15 is 0 Å². The Hall–Kier alpha value is -0.620. The van der Waals surface area contributed by atoms with Gasteiger partial charge in [0.2, 0.25) is 0 Å². The van der Waals surface area contributed by atoms with Gasteiger partial charge in [0.1, 0.15) is 13.2 Å². The van der Waals surface area contributed by atoms with Crippen molar-refractivity contribution in [1.29, 1.82) is 0 Å². The van der Waals surface area contributed by atoms with Crippen LogP contribution in [0.5, 0.6) is 0 Å². The number of halogens is 2. The van der Waals surface area contributed by atoms with Gasteiger partial charge in [-0.25, -0.2) is 8.78 Å². The van der Waals surface area contributed by atoms with Crippen LogP contribution >= 0.6 is 0 Å². The summed E-state index contributed by atoms with van der Waals surface area (Å²) in [7, 11) is 0. The highest BCUT2D eigenvalue weighted by atomic mass is 19.3. The molecule has 0 bridgehead atoms. The molecule has 3 heteroatoms. The zero-order valence-electron chi connectivity index (χ0n) is 6.15. The average molecular weight is 160 g/mol. The Bertz CT molecular complexity index is 165. The summed E-state index contributed by atoms with van der Waals surface area (Å²) in [6, 6.07) is 0. The van der Waals surface area contributed by atoms with E-state index in [1.807, 2.05) is 0 Å². The van der Waals surface area contributed by atoms with Gasteiger partial charge in [0.25, 0.3) is 6.43 Å². The van der Waals surface area contributed by atoms with Crippen LogP contribution in [0.4, 0.5) is 8.78 Å². The van der Waals surface area contributed by atoms with Crippen LogP contribution in [0.1, 0.15) is 12.8 Å². The molecule has 0 radical (unpaired) electrons. The summed E-state index contributed by atoms with van der Waals surface area (Å²) in [6.07, 6.45) is -0.0679. The van der Waals surface area contributed by atoms with Crippen LogP contribution in [0.25, 0.3) is 0 Å². The fourth-order valence-corrected chi connectivity index (χ4v) is 0.613. The minimum Gasteiger partial charge on any atom is -0.363 e. The van der Waals surface area contributed by atoms with Gasteiger partial charge in [0, 0.05) is 5.92 Å². The maximum atomic E-state index is 11.5. The molecule has 1 aliphatic carbocycles. The quantitative estimate of drug-likeness (QED) is 0.451. The third kappa shape index (κ3) is 4.74. The van der Waals surface area contributed by atoms with E-state index in [2.05, 4.69) is 16.6 Å². The molecule has 1 nitrogen and oxygen atoms in total. The standard InChI is InChI=1S/C8H10F2O/c9-8(10)6-11-5-1-2-7-3-4-7/h7-8H,3-6H2. The van der Waals surface area contributed by atoms with Crippen LogP contribution in [-0.4, -0.2) is 19.6 Å². The predicted molar refractivity (Wildman–Crippen MR) is 37.3 cm³/mol. The van der Waals surface area contributed by atoms with Gasteiger partial charge in [-0.1, -0.05) is 11.8 Å². The lowest BCUT2D eigenvalue weighted by atomic mass is 10.4. The van der Waals surface area contributed by atoms with Crippen molar-refractivity contribution in [3.05, 3.63) is 0 Å². The summed E-state index contributed by atoms with van der Waals surface area (Å²) >= 11 is 0. The smallest absolute Gasteiger partial charge is 0.261 e. The predicted octanol–water partition coefficient (Wildman–Crippen LogP) is 1.68. The molecule has 0 aromatic heterocycles.